The van der Waals surface area contributed by atoms with Crippen LogP contribution in [0.5, 0.6) is 0 Å². The molecule has 0 unspecified atom stereocenters. The number of aryl methyl sites for hydroxylation is 2. The van der Waals surface area contributed by atoms with Crippen molar-refractivity contribution in [1.82, 2.24) is 20.1 Å². The topological polar surface area (TPSA) is 44.8 Å². The fourth-order valence-electron chi connectivity index (χ4n) is 2.88. The number of nitrogens with one attached hydrogen (secondary N) is 1. The molecule has 0 saturated carbocycles. The molecule has 4 nitrogen and oxygen atoms in total. The van der Waals surface area contributed by atoms with E-state index in [1.807, 2.05) is 18.5 Å². The van der Waals surface area contributed by atoms with Crippen LogP contribution in [0.25, 0.3) is 0 Å². The van der Waals surface area contributed by atoms with Gasteiger partial charge in [0.25, 0.3) is 0 Å². The van der Waals surface area contributed by atoms with Crippen LogP contribution in [0.2, 0.25) is 0 Å². The molecule has 1 aliphatic heterocycles. The van der Waals surface area contributed by atoms with E-state index in [1.54, 1.807) is 0 Å². The summed E-state index contributed by atoms with van der Waals surface area (Å²) < 4.78 is 0. The first-order valence-corrected chi connectivity index (χ1v) is 6.87. The Hall–Kier alpha value is -1.68. The third kappa shape index (κ3) is 2.54. The Bertz CT molecular complexity index is 561. The fraction of sp³-hybridized carbons (Fsp3) is 0.467. The van der Waals surface area contributed by atoms with E-state index in [1.165, 1.54) is 28.9 Å². The van der Waals surface area contributed by atoms with Crippen molar-refractivity contribution in [1.29, 1.82) is 0 Å². The highest BCUT2D eigenvalue weighted by molar-refractivity contribution is 5.21. The van der Waals surface area contributed by atoms with Crippen molar-refractivity contribution >= 4 is 0 Å². The number of pyridine rings is 1. The highest BCUT2D eigenvalue weighted by Gasteiger charge is 2.26. The first kappa shape index (κ1) is 12.4. The maximum absolute atomic E-state index is 4.49. The van der Waals surface area contributed by atoms with Crippen LogP contribution in [-0.4, -0.2) is 33.2 Å². The number of aromatic amines is 1. The molecule has 0 amide bonds. The third-order valence-electron chi connectivity index (χ3n) is 4.04. The lowest BCUT2D eigenvalue weighted by atomic mass is 10.0. The largest absolute Gasteiger partial charge is 0.297 e. The van der Waals surface area contributed by atoms with Crippen molar-refractivity contribution in [2.45, 2.75) is 32.7 Å². The van der Waals surface area contributed by atoms with Crippen LogP contribution in [-0.2, 0) is 6.54 Å². The fourth-order valence-corrected chi connectivity index (χ4v) is 2.88. The lowest BCUT2D eigenvalue weighted by molar-refractivity contribution is 0.321. The van der Waals surface area contributed by atoms with Crippen molar-refractivity contribution in [3.63, 3.8) is 0 Å². The van der Waals surface area contributed by atoms with Gasteiger partial charge >= 0.3 is 0 Å². The van der Waals surface area contributed by atoms with Crippen molar-refractivity contribution in [3.05, 3.63) is 47.0 Å². The average Bonchev–Trinajstić information content (AvgIpc) is 3.01. The smallest absolute Gasteiger partial charge is 0.0573 e. The van der Waals surface area contributed by atoms with Gasteiger partial charge in [-0.25, -0.2) is 0 Å². The second-order valence-electron chi connectivity index (χ2n) is 5.45. The summed E-state index contributed by atoms with van der Waals surface area (Å²) in [6.45, 7) is 7.45. The summed E-state index contributed by atoms with van der Waals surface area (Å²) in [4.78, 5) is 6.97. The SMILES string of the molecule is Cc1cccnc1CN1CC[C@H](c2[nH]ncc2C)C1. The van der Waals surface area contributed by atoms with Gasteiger partial charge in [-0.05, 0) is 44.0 Å². The Morgan fingerprint density at radius 3 is 3.00 bits per heavy atom. The Morgan fingerprint density at radius 1 is 1.37 bits per heavy atom. The lowest BCUT2D eigenvalue weighted by Gasteiger charge is -2.16. The monoisotopic (exact) mass is 256 g/mol. The molecule has 0 spiro atoms. The summed E-state index contributed by atoms with van der Waals surface area (Å²) in [5, 5.41) is 7.28. The molecule has 100 valence electrons. The molecule has 0 bridgehead atoms. The summed E-state index contributed by atoms with van der Waals surface area (Å²) in [5.41, 5.74) is 5.06. The summed E-state index contributed by atoms with van der Waals surface area (Å²) in [6.07, 6.45) is 5.00. The third-order valence-corrected chi connectivity index (χ3v) is 4.04. The van der Waals surface area contributed by atoms with E-state index in [2.05, 4.69) is 40.0 Å². The number of nitrogens with zero attached hydrogens (tertiary/aromatic N) is 3. The van der Waals surface area contributed by atoms with E-state index in [0.717, 1.165) is 19.6 Å². The van der Waals surface area contributed by atoms with Crippen molar-refractivity contribution in [2.24, 2.45) is 0 Å². The Morgan fingerprint density at radius 2 is 2.26 bits per heavy atom. The molecule has 3 heterocycles. The van der Waals surface area contributed by atoms with Crippen LogP contribution in [0, 0.1) is 13.8 Å². The first-order valence-electron chi connectivity index (χ1n) is 6.87. The minimum atomic E-state index is 0.589. The van der Waals surface area contributed by atoms with Gasteiger partial charge in [0.05, 0.1) is 11.9 Å². The summed E-state index contributed by atoms with van der Waals surface area (Å²) in [5.74, 6) is 0.589. The molecule has 1 fully saturated rings. The molecule has 4 heteroatoms. The number of hydrogen-bond donors (Lipinski definition) is 1. The second-order valence-corrected chi connectivity index (χ2v) is 5.45. The van der Waals surface area contributed by atoms with Crippen LogP contribution in [0.4, 0.5) is 0 Å². The summed E-state index contributed by atoms with van der Waals surface area (Å²) >= 11 is 0. The number of hydrogen-bond acceptors (Lipinski definition) is 3. The van der Waals surface area contributed by atoms with E-state index in [4.69, 9.17) is 0 Å². The summed E-state index contributed by atoms with van der Waals surface area (Å²) in [7, 11) is 0. The average molecular weight is 256 g/mol. The van der Waals surface area contributed by atoms with Crippen molar-refractivity contribution in [2.75, 3.05) is 13.1 Å². The molecule has 0 aromatic carbocycles. The highest BCUT2D eigenvalue weighted by atomic mass is 15.2. The van der Waals surface area contributed by atoms with Gasteiger partial charge in [-0.15, -0.1) is 0 Å². The summed E-state index contributed by atoms with van der Waals surface area (Å²) in [6, 6.07) is 4.13. The van der Waals surface area contributed by atoms with Gasteiger partial charge in [-0.1, -0.05) is 6.07 Å². The molecule has 1 aliphatic rings. The zero-order valence-corrected chi connectivity index (χ0v) is 11.6. The molecular formula is C15H20N4. The standard InChI is InChI=1S/C15H20N4/c1-11-4-3-6-16-14(11)10-19-7-5-13(9-19)15-12(2)8-17-18-15/h3-4,6,8,13H,5,7,9-10H2,1-2H3,(H,17,18)/t13-/m0/s1. The Labute approximate surface area is 113 Å². The number of likely N-dealkylation sites (tertiary alicyclic amines) is 1. The van der Waals surface area contributed by atoms with E-state index in [9.17, 15) is 0 Å². The number of aromatic nitrogens is 3. The zero-order chi connectivity index (χ0) is 13.2. The lowest BCUT2D eigenvalue weighted by Crippen LogP contribution is -2.21. The molecule has 2 aromatic rings. The zero-order valence-electron chi connectivity index (χ0n) is 11.6. The maximum atomic E-state index is 4.49. The number of H-pyrrole nitrogens is 1. The number of rotatable bonds is 3. The van der Waals surface area contributed by atoms with E-state index in [-0.39, 0.29) is 0 Å². The van der Waals surface area contributed by atoms with Gasteiger partial charge in [0.15, 0.2) is 0 Å². The van der Waals surface area contributed by atoms with Crippen LogP contribution in [0.3, 0.4) is 0 Å². The van der Waals surface area contributed by atoms with Crippen molar-refractivity contribution in [3.8, 4) is 0 Å². The minimum absolute atomic E-state index is 0.589. The van der Waals surface area contributed by atoms with Crippen LogP contribution in [0.1, 0.15) is 34.9 Å². The Balaban J connectivity index is 1.67. The van der Waals surface area contributed by atoms with Gasteiger partial charge in [-0.2, -0.15) is 5.10 Å². The molecule has 1 N–H and O–H groups in total. The molecular weight excluding hydrogens is 236 g/mol. The van der Waals surface area contributed by atoms with E-state index >= 15 is 0 Å². The molecule has 1 atom stereocenters. The predicted molar refractivity (Wildman–Crippen MR) is 74.9 cm³/mol. The molecule has 0 radical (unpaired) electrons. The Kier molecular flexibility index (Phi) is 3.34. The van der Waals surface area contributed by atoms with Gasteiger partial charge in [-0.3, -0.25) is 15.0 Å². The minimum Gasteiger partial charge on any atom is -0.297 e. The van der Waals surface area contributed by atoms with Crippen LogP contribution < -0.4 is 0 Å². The van der Waals surface area contributed by atoms with E-state index < -0.39 is 0 Å². The second kappa shape index (κ2) is 5.13. The predicted octanol–water partition coefficient (Wildman–Crippen LogP) is 2.41. The first-order chi connectivity index (χ1) is 9.24. The molecule has 0 aliphatic carbocycles. The van der Waals surface area contributed by atoms with E-state index in [0.29, 0.717) is 5.92 Å². The molecule has 2 aromatic heterocycles. The molecule has 19 heavy (non-hydrogen) atoms. The quantitative estimate of drug-likeness (QED) is 0.917. The van der Waals surface area contributed by atoms with Gasteiger partial charge < -0.3 is 0 Å². The van der Waals surface area contributed by atoms with Gasteiger partial charge in [0.1, 0.15) is 0 Å². The maximum Gasteiger partial charge on any atom is 0.0573 e. The van der Waals surface area contributed by atoms with Gasteiger partial charge in [0.2, 0.25) is 0 Å². The molecule has 1 saturated heterocycles. The normalized spacial score (nSPS) is 20.0. The van der Waals surface area contributed by atoms with Crippen LogP contribution >= 0.6 is 0 Å². The highest BCUT2D eigenvalue weighted by Crippen LogP contribution is 2.28. The van der Waals surface area contributed by atoms with Gasteiger partial charge in [0, 0.05) is 30.9 Å². The van der Waals surface area contributed by atoms with Crippen LogP contribution in [0.15, 0.2) is 24.5 Å². The van der Waals surface area contributed by atoms with Crippen molar-refractivity contribution < 1.29 is 0 Å². The molecule has 3 rings (SSSR count).